The van der Waals surface area contributed by atoms with E-state index in [4.69, 9.17) is 8.85 Å². The fourth-order valence-electron chi connectivity index (χ4n) is 1.40. The van der Waals surface area contributed by atoms with Gasteiger partial charge in [0, 0.05) is 25.3 Å². The molecule has 0 aliphatic heterocycles. The third-order valence-electron chi connectivity index (χ3n) is 2.24. The zero-order chi connectivity index (χ0) is 13.1. The van der Waals surface area contributed by atoms with Crippen LogP contribution in [-0.2, 0) is 13.6 Å². The van der Waals surface area contributed by atoms with Crippen LogP contribution in [0.1, 0.15) is 33.6 Å². The Bertz CT molecular complexity index is 198. The standard InChI is InChI=1S/C11H24NO4Si/c1-5-15-17(16-6-2)10(3)8-7-9-12-11(13)14-4/h10H,5-9H2,1-4H3,(H,12,13). The molecule has 5 nitrogen and oxygen atoms in total. The second-order valence-electron chi connectivity index (χ2n) is 3.65. The Morgan fingerprint density at radius 3 is 2.35 bits per heavy atom. The molecule has 0 aliphatic rings. The quantitative estimate of drug-likeness (QED) is 0.510. The molecule has 101 valence electrons. The van der Waals surface area contributed by atoms with Gasteiger partial charge in [-0.05, 0) is 26.7 Å². The van der Waals surface area contributed by atoms with Gasteiger partial charge in [-0.2, -0.15) is 0 Å². The maximum Gasteiger partial charge on any atom is 0.406 e. The number of nitrogens with one attached hydrogen (secondary N) is 1. The van der Waals surface area contributed by atoms with E-state index < -0.39 is 9.28 Å². The van der Waals surface area contributed by atoms with E-state index >= 15 is 0 Å². The predicted octanol–water partition coefficient (Wildman–Crippen LogP) is 2.07. The molecule has 1 atom stereocenters. The number of rotatable bonds is 9. The zero-order valence-corrected chi connectivity index (χ0v) is 12.2. The van der Waals surface area contributed by atoms with Crippen LogP contribution in [0.2, 0.25) is 5.54 Å². The third kappa shape index (κ3) is 8.17. The molecule has 6 heteroatoms. The summed E-state index contributed by atoms with van der Waals surface area (Å²) in [6, 6.07) is 0. The first-order valence-corrected chi connectivity index (χ1v) is 7.49. The number of hydrogen-bond acceptors (Lipinski definition) is 4. The summed E-state index contributed by atoms with van der Waals surface area (Å²) < 4.78 is 15.7. The number of ether oxygens (including phenoxy) is 1. The fraction of sp³-hybridized carbons (Fsp3) is 0.909. The van der Waals surface area contributed by atoms with Gasteiger partial charge in [0.1, 0.15) is 0 Å². The lowest BCUT2D eigenvalue weighted by Gasteiger charge is -2.19. The van der Waals surface area contributed by atoms with Crippen molar-refractivity contribution in [2.24, 2.45) is 0 Å². The average molecular weight is 262 g/mol. The van der Waals surface area contributed by atoms with E-state index in [0.29, 0.717) is 25.3 Å². The van der Waals surface area contributed by atoms with Crippen LogP contribution in [-0.4, -0.2) is 42.2 Å². The molecule has 0 aromatic rings. The number of methoxy groups -OCH3 is 1. The molecule has 0 spiro atoms. The summed E-state index contributed by atoms with van der Waals surface area (Å²) in [6.45, 7) is 8.12. The van der Waals surface area contributed by atoms with Gasteiger partial charge in [0.2, 0.25) is 0 Å². The maximum absolute atomic E-state index is 10.8. The van der Waals surface area contributed by atoms with Gasteiger partial charge in [-0.15, -0.1) is 0 Å². The van der Waals surface area contributed by atoms with E-state index in [9.17, 15) is 4.79 Å². The zero-order valence-electron chi connectivity index (χ0n) is 11.2. The Labute approximate surface area is 106 Å². The van der Waals surface area contributed by atoms with Gasteiger partial charge >= 0.3 is 15.4 Å². The first-order chi connectivity index (χ1) is 8.15. The highest BCUT2D eigenvalue weighted by atomic mass is 28.3. The van der Waals surface area contributed by atoms with Gasteiger partial charge in [0.25, 0.3) is 0 Å². The van der Waals surface area contributed by atoms with Crippen molar-refractivity contribution in [2.45, 2.75) is 39.2 Å². The van der Waals surface area contributed by atoms with Crippen molar-refractivity contribution in [3.63, 3.8) is 0 Å². The Balaban J connectivity index is 3.73. The smallest absolute Gasteiger partial charge is 0.406 e. The fourth-order valence-corrected chi connectivity index (χ4v) is 3.06. The lowest BCUT2D eigenvalue weighted by molar-refractivity contribution is 0.170. The third-order valence-corrected chi connectivity index (χ3v) is 4.48. The first-order valence-electron chi connectivity index (χ1n) is 6.09. The van der Waals surface area contributed by atoms with Crippen molar-refractivity contribution in [1.82, 2.24) is 5.32 Å². The second-order valence-corrected chi connectivity index (χ2v) is 5.85. The summed E-state index contributed by atoms with van der Waals surface area (Å²) in [5, 5.41) is 2.66. The van der Waals surface area contributed by atoms with Crippen LogP contribution in [0.4, 0.5) is 4.79 Å². The van der Waals surface area contributed by atoms with E-state index in [1.165, 1.54) is 7.11 Å². The molecule has 1 radical (unpaired) electrons. The van der Waals surface area contributed by atoms with Gasteiger partial charge in [0.15, 0.2) is 0 Å². The van der Waals surface area contributed by atoms with E-state index in [1.807, 2.05) is 13.8 Å². The molecule has 0 saturated heterocycles. The Morgan fingerprint density at radius 2 is 1.88 bits per heavy atom. The van der Waals surface area contributed by atoms with Gasteiger partial charge < -0.3 is 18.9 Å². The first kappa shape index (κ1) is 16.4. The van der Waals surface area contributed by atoms with Crippen LogP contribution < -0.4 is 5.32 Å². The van der Waals surface area contributed by atoms with Crippen LogP contribution in [0.3, 0.4) is 0 Å². The van der Waals surface area contributed by atoms with E-state index in [2.05, 4.69) is 17.0 Å². The lowest BCUT2D eigenvalue weighted by atomic mass is 10.2. The molecule has 0 aromatic heterocycles. The molecule has 0 fully saturated rings. The molecule has 17 heavy (non-hydrogen) atoms. The molecule has 0 saturated carbocycles. The number of hydrogen-bond donors (Lipinski definition) is 1. The molecule has 0 aromatic carbocycles. The topological polar surface area (TPSA) is 56.8 Å². The van der Waals surface area contributed by atoms with Gasteiger partial charge in [-0.3, -0.25) is 0 Å². The molecular formula is C11H24NO4Si. The Hall–Kier alpha value is -0.593. The number of carbonyl (C=O) groups is 1. The summed E-state index contributed by atoms with van der Waals surface area (Å²) >= 11 is 0. The van der Waals surface area contributed by atoms with Crippen LogP contribution in [0.25, 0.3) is 0 Å². The van der Waals surface area contributed by atoms with Gasteiger partial charge in [0.05, 0.1) is 7.11 Å². The molecule has 1 N–H and O–H groups in total. The van der Waals surface area contributed by atoms with Crippen molar-refractivity contribution in [2.75, 3.05) is 26.9 Å². The monoisotopic (exact) mass is 262 g/mol. The second kappa shape index (κ2) is 10.6. The van der Waals surface area contributed by atoms with Gasteiger partial charge in [-0.25, -0.2) is 4.79 Å². The minimum absolute atomic E-state index is 0.377. The van der Waals surface area contributed by atoms with Crippen molar-refractivity contribution >= 4 is 15.4 Å². The summed E-state index contributed by atoms with van der Waals surface area (Å²) in [7, 11) is 0.190. The lowest BCUT2D eigenvalue weighted by Crippen LogP contribution is -2.29. The maximum atomic E-state index is 10.8. The molecule has 0 rings (SSSR count). The number of alkyl carbamates (subject to hydrolysis) is 1. The van der Waals surface area contributed by atoms with E-state index in [-0.39, 0.29) is 6.09 Å². The number of amides is 1. The average Bonchev–Trinajstić information content (AvgIpc) is 2.33. The molecule has 0 heterocycles. The van der Waals surface area contributed by atoms with Crippen LogP contribution in [0.15, 0.2) is 0 Å². The normalized spacial score (nSPS) is 12.5. The largest absolute Gasteiger partial charge is 0.453 e. The van der Waals surface area contributed by atoms with Gasteiger partial charge in [-0.1, -0.05) is 6.92 Å². The summed E-state index contributed by atoms with van der Waals surface area (Å²) in [5.41, 5.74) is 0.416. The van der Waals surface area contributed by atoms with Crippen molar-refractivity contribution in [1.29, 1.82) is 0 Å². The minimum atomic E-state index is -1.17. The van der Waals surface area contributed by atoms with Crippen LogP contribution in [0, 0.1) is 0 Å². The molecule has 1 amide bonds. The summed E-state index contributed by atoms with van der Waals surface area (Å²) in [5.74, 6) is 0. The molecule has 1 unspecified atom stereocenters. The van der Waals surface area contributed by atoms with Crippen molar-refractivity contribution < 1.29 is 18.4 Å². The van der Waals surface area contributed by atoms with Crippen LogP contribution >= 0.6 is 0 Å². The SMILES string of the molecule is CCO[Si](OCC)C(C)CCCNC(=O)OC. The Kier molecular flexibility index (Phi) is 10.2. The molecular weight excluding hydrogens is 238 g/mol. The molecule has 0 bridgehead atoms. The molecule has 0 aliphatic carbocycles. The van der Waals surface area contributed by atoms with E-state index in [0.717, 1.165) is 12.8 Å². The highest BCUT2D eigenvalue weighted by Gasteiger charge is 2.23. The van der Waals surface area contributed by atoms with Crippen molar-refractivity contribution in [3.05, 3.63) is 0 Å². The Morgan fingerprint density at radius 1 is 1.29 bits per heavy atom. The highest BCUT2D eigenvalue weighted by molar-refractivity contribution is 6.46. The number of carbonyl (C=O) groups excluding carboxylic acids is 1. The minimum Gasteiger partial charge on any atom is -0.453 e. The van der Waals surface area contributed by atoms with E-state index in [1.54, 1.807) is 0 Å². The summed E-state index contributed by atoms with van der Waals surface area (Å²) in [6.07, 6.45) is 1.51. The van der Waals surface area contributed by atoms with Crippen molar-refractivity contribution in [3.8, 4) is 0 Å². The summed E-state index contributed by atoms with van der Waals surface area (Å²) in [4.78, 5) is 10.8. The predicted molar refractivity (Wildman–Crippen MR) is 68.1 cm³/mol. The van der Waals surface area contributed by atoms with Crippen LogP contribution in [0.5, 0.6) is 0 Å². The highest BCUT2D eigenvalue weighted by Crippen LogP contribution is 2.18.